The van der Waals surface area contributed by atoms with Gasteiger partial charge in [0.15, 0.2) is 5.69 Å². The van der Waals surface area contributed by atoms with Crippen molar-refractivity contribution in [3.8, 4) is 0 Å². The highest BCUT2D eigenvalue weighted by atomic mass is 16.3. The van der Waals surface area contributed by atoms with E-state index >= 15 is 0 Å². The Morgan fingerprint density at radius 1 is 1.40 bits per heavy atom. The Hall–Kier alpha value is -1.88. The Bertz CT molecular complexity index is 626. The minimum absolute atomic E-state index is 0.147. The Balaban J connectivity index is 2.40. The number of hydrogen-bond acceptors (Lipinski definition) is 3. The van der Waals surface area contributed by atoms with Gasteiger partial charge in [0.2, 0.25) is 0 Å². The van der Waals surface area contributed by atoms with E-state index in [-0.39, 0.29) is 12.5 Å². The summed E-state index contributed by atoms with van der Waals surface area (Å²) in [6.45, 7) is 6.11. The lowest BCUT2D eigenvalue weighted by Gasteiger charge is -2.27. The van der Waals surface area contributed by atoms with Crippen molar-refractivity contribution in [3.05, 3.63) is 30.0 Å². The molecule has 0 bridgehead atoms. The summed E-state index contributed by atoms with van der Waals surface area (Å²) < 4.78 is 1.71. The molecule has 0 saturated heterocycles. The molecule has 1 aromatic heterocycles. The number of rotatable bonds is 4. The lowest BCUT2D eigenvalue weighted by molar-refractivity contribution is 0.0312. The van der Waals surface area contributed by atoms with E-state index in [1.165, 1.54) is 0 Å². The van der Waals surface area contributed by atoms with E-state index in [1.807, 2.05) is 38.2 Å². The molecule has 0 unspecified atom stereocenters. The number of aromatic nitrogens is 2. The number of carbonyl (C=O) groups is 1. The summed E-state index contributed by atoms with van der Waals surface area (Å²) in [5.41, 5.74) is 0.445. The van der Waals surface area contributed by atoms with Gasteiger partial charge >= 0.3 is 0 Å². The molecular formula is C15H21N3O2. The second kappa shape index (κ2) is 5.25. The molecule has 0 fully saturated rings. The molecule has 108 valence electrons. The van der Waals surface area contributed by atoms with Crippen LogP contribution in [0.2, 0.25) is 0 Å². The van der Waals surface area contributed by atoms with Crippen LogP contribution in [0.4, 0.5) is 0 Å². The Morgan fingerprint density at radius 3 is 2.65 bits per heavy atom. The minimum atomic E-state index is -0.920. The minimum Gasteiger partial charge on any atom is -0.389 e. The molecule has 0 spiro atoms. The van der Waals surface area contributed by atoms with Crippen molar-refractivity contribution in [2.75, 3.05) is 13.1 Å². The molecular weight excluding hydrogens is 254 g/mol. The van der Waals surface area contributed by atoms with Crippen LogP contribution in [0.3, 0.4) is 0 Å². The van der Waals surface area contributed by atoms with Crippen LogP contribution in [0, 0.1) is 0 Å². The molecule has 1 heterocycles. The van der Waals surface area contributed by atoms with Crippen molar-refractivity contribution in [1.29, 1.82) is 0 Å². The van der Waals surface area contributed by atoms with E-state index in [2.05, 4.69) is 5.10 Å². The van der Waals surface area contributed by atoms with Crippen molar-refractivity contribution < 1.29 is 9.90 Å². The molecule has 0 aliphatic rings. The predicted octanol–water partition coefficient (Wildman–Crippen LogP) is 1.81. The standard InChI is InChI=1S/C15H21N3O2/c1-5-18(10-15(2,3)20)14(19)13-11-8-6-7-9-12(11)17(4)16-13/h6-9,20H,5,10H2,1-4H3. The SMILES string of the molecule is CCN(CC(C)(C)O)C(=O)c1nn(C)c2ccccc12. The summed E-state index contributed by atoms with van der Waals surface area (Å²) in [5.74, 6) is -0.147. The van der Waals surface area contributed by atoms with Crippen molar-refractivity contribution in [2.24, 2.45) is 7.05 Å². The molecule has 5 heteroatoms. The molecule has 0 radical (unpaired) electrons. The summed E-state index contributed by atoms with van der Waals surface area (Å²) in [4.78, 5) is 14.2. The van der Waals surface area contributed by atoms with Crippen molar-refractivity contribution in [3.63, 3.8) is 0 Å². The third-order valence-electron chi connectivity index (χ3n) is 3.21. The van der Waals surface area contributed by atoms with Gasteiger partial charge in [-0.1, -0.05) is 18.2 Å². The second-order valence-electron chi connectivity index (χ2n) is 5.62. The maximum absolute atomic E-state index is 12.6. The molecule has 1 N–H and O–H groups in total. The number of aryl methyl sites for hydroxylation is 1. The van der Waals surface area contributed by atoms with E-state index in [0.717, 1.165) is 10.9 Å². The third kappa shape index (κ3) is 2.82. The van der Waals surface area contributed by atoms with Gasteiger partial charge in [-0.2, -0.15) is 5.10 Å². The van der Waals surface area contributed by atoms with Crippen LogP contribution in [0.5, 0.6) is 0 Å². The van der Waals surface area contributed by atoms with Gasteiger partial charge in [-0.15, -0.1) is 0 Å². The number of amides is 1. The van der Waals surface area contributed by atoms with Gasteiger partial charge in [-0.25, -0.2) is 0 Å². The molecule has 0 saturated carbocycles. The molecule has 1 amide bonds. The smallest absolute Gasteiger partial charge is 0.275 e. The van der Waals surface area contributed by atoms with Crippen molar-refractivity contribution >= 4 is 16.8 Å². The number of likely N-dealkylation sites (N-methyl/N-ethyl adjacent to an activating group) is 1. The second-order valence-corrected chi connectivity index (χ2v) is 5.62. The fraction of sp³-hybridized carbons (Fsp3) is 0.467. The predicted molar refractivity (Wildman–Crippen MR) is 78.6 cm³/mol. The van der Waals surface area contributed by atoms with E-state index in [9.17, 15) is 9.90 Å². The number of hydrogen-bond donors (Lipinski definition) is 1. The monoisotopic (exact) mass is 275 g/mol. The van der Waals surface area contributed by atoms with Crippen LogP contribution in [-0.2, 0) is 7.05 Å². The lowest BCUT2D eigenvalue weighted by Crippen LogP contribution is -2.42. The molecule has 20 heavy (non-hydrogen) atoms. The molecule has 0 aliphatic heterocycles. The first kappa shape index (κ1) is 14.5. The zero-order valence-electron chi connectivity index (χ0n) is 12.4. The Morgan fingerprint density at radius 2 is 2.05 bits per heavy atom. The maximum atomic E-state index is 12.6. The fourth-order valence-corrected chi connectivity index (χ4v) is 2.32. The van der Waals surface area contributed by atoms with Crippen LogP contribution in [0.1, 0.15) is 31.3 Å². The van der Waals surface area contributed by atoms with Crippen LogP contribution < -0.4 is 0 Å². The van der Waals surface area contributed by atoms with Gasteiger partial charge in [0, 0.05) is 25.5 Å². The molecule has 0 atom stereocenters. The van der Waals surface area contributed by atoms with E-state index < -0.39 is 5.60 Å². The number of para-hydroxylation sites is 1. The topological polar surface area (TPSA) is 58.4 Å². The van der Waals surface area contributed by atoms with Gasteiger partial charge in [-0.3, -0.25) is 9.48 Å². The zero-order chi connectivity index (χ0) is 14.9. The Kier molecular flexibility index (Phi) is 3.81. The molecule has 2 aromatic rings. The number of nitrogens with zero attached hydrogens (tertiary/aromatic N) is 3. The lowest BCUT2D eigenvalue weighted by atomic mass is 10.1. The summed E-state index contributed by atoms with van der Waals surface area (Å²) in [5, 5.41) is 15.1. The zero-order valence-corrected chi connectivity index (χ0v) is 12.4. The fourth-order valence-electron chi connectivity index (χ4n) is 2.32. The molecule has 1 aromatic carbocycles. The van der Waals surface area contributed by atoms with Crippen molar-refractivity contribution in [2.45, 2.75) is 26.4 Å². The Labute approximate surface area is 118 Å². The first-order chi connectivity index (χ1) is 9.33. The normalized spacial score (nSPS) is 11.8. The number of fused-ring (bicyclic) bond motifs is 1. The molecule has 5 nitrogen and oxygen atoms in total. The van der Waals surface area contributed by atoms with Crippen LogP contribution in [-0.4, -0.2) is 44.4 Å². The molecule has 0 aliphatic carbocycles. The first-order valence-corrected chi connectivity index (χ1v) is 6.77. The largest absolute Gasteiger partial charge is 0.389 e. The average molecular weight is 275 g/mol. The summed E-state index contributed by atoms with van der Waals surface area (Å²) in [7, 11) is 1.82. The molecule has 2 rings (SSSR count). The first-order valence-electron chi connectivity index (χ1n) is 6.77. The van der Waals surface area contributed by atoms with Crippen molar-refractivity contribution in [1.82, 2.24) is 14.7 Å². The number of benzene rings is 1. The van der Waals surface area contributed by atoms with Gasteiger partial charge in [0.1, 0.15) is 0 Å². The third-order valence-corrected chi connectivity index (χ3v) is 3.21. The van der Waals surface area contributed by atoms with Gasteiger partial charge in [-0.05, 0) is 26.8 Å². The van der Waals surface area contributed by atoms with Gasteiger partial charge in [0.25, 0.3) is 5.91 Å². The van der Waals surface area contributed by atoms with Crippen LogP contribution in [0.25, 0.3) is 10.9 Å². The van der Waals surface area contributed by atoms with Gasteiger partial charge < -0.3 is 10.0 Å². The summed E-state index contributed by atoms with van der Waals surface area (Å²) in [6.07, 6.45) is 0. The van der Waals surface area contributed by atoms with Crippen LogP contribution >= 0.6 is 0 Å². The summed E-state index contributed by atoms with van der Waals surface area (Å²) in [6, 6.07) is 7.65. The average Bonchev–Trinajstić information content (AvgIpc) is 2.72. The van der Waals surface area contributed by atoms with E-state index in [4.69, 9.17) is 0 Å². The van der Waals surface area contributed by atoms with E-state index in [1.54, 1.807) is 23.4 Å². The number of carbonyl (C=O) groups excluding carboxylic acids is 1. The number of aliphatic hydroxyl groups is 1. The highest BCUT2D eigenvalue weighted by molar-refractivity contribution is 6.04. The maximum Gasteiger partial charge on any atom is 0.275 e. The van der Waals surface area contributed by atoms with E-state index in [0.29, 0.717) is 12.2 Å². The van der Waals surface area contributed by atoms with Gasteiger partial charge in [0.05, 0.1) is 11.1 Å². The van der Waals surface area contributed by atoms with Crippen LogP contribution in [0.15, 0.2) is 24.3 Å². The summed E-state index contributed by atoms with van der Waals surface area (Å²) >= 11 is 0. The highest BCUT2D eigenvalue weighted by Crippen LogP contribution is 2.19. The highest BCUT2D eigenvalue weighted by Gasteiger charge is 2.25. The quantitative estimate of drug-likeness (QED) is 0.925.